The minimum Gasteiger partial charge on any atom is -0.496 e. The molecule has 1 aromatic heterocycles. The van der Waals surface area contributed by atoms with E-state index in [1.165, 1.54) is 11.8 Å². The molecule has 0 spiro atoms. The smallest absolute Gasteiger partial charge is 0.267 e. The fourth-order valence-corrected chi connectivity index (χ4v) is 4.09. The molecular weight excluding hydrogens is 478 g/mol. The van der Waals surface area contributed by atoms with Gasteiger partial charge in [0.05, 0.1) is 31.0 Å². The van der Waals surface area contributed by atoms with Crippen molar-refractivity contribution >= 4 is 51.1 Å². The number of para-hydroxylation sites is 1. The van der Waals surface area contributed by atoms with Crippen molar-refractivity contribution < 1.29 is 13.9 Å². The highest BCUT2D eigenvalue weighted by atomic mass is 79.9. The zero-order valence-corrected chi connectivity index (χ0v) is 19.0. The maximum absolute atomic E-state index is 13.1. The highest BCUT2D eigenvalue weighted by molar-refractivity contribution is 9.10. The van der Waals surface area contributed by atoms with Gasteiger partial charge in [-0.1, -0.05) is 46.3 Å². The van der Waals surface area contributed by atoms with Crippen LogP contribution in [0.25, 0.3) is 6.08 Å². The molecule has 0 radical (unpaired) electrons. The molecule has 1 amide bonds. The maximum Gasteiger partial charge on any atom is 0.267 e. The fraction of sp³-hybridized carbons (Fsp3) is 0.0870. The van der Waals surface area contributed by atoms with E-state index in [0.717, 1.165) is 15.6 Å². The second-order valence-corrected chi connectivity index (χ2v) is 8.43. The first kappa shape index (κ1) is 21.1. The zero-order valence-electron chi connectivity index (χ0n) is 16.6. The van der Waals surface area contributed by atoms with Crippen LogP contribution in [-0.2, 0) is 11.3 Å². The van der Waals surface area contributed by atoms with Crippen molar-refractivity contribution in [2.24, 2.45) is 10.2 Å². The molecule has 6 nitrogen and oxygen atoms in total. The second-order valence-electron chi connectivity index (χ2n) is 6.50. The molecule has 0 N–H and O–H groups in total. The number of hydrogen-bond acceptors (Lipinski definition) is 6. The van der Waals surface area contributed by atoms with Crippen LogP contribution in [0.5, 0.6) is 5.75 Å². The van der Waals surface area contributed by atoms with Crippen LogP contribution in [0.1, 0.15) is 16.9 Å². The first-order valence-electron chi connectivity index (χ1n) is 9.37. The number of halogens is 1. The molecule has 0 saturated carbocycles. The quantitative estimate of drug-likeness (QED) is 0.255. The van der Waals surface area contributed by atoms with Crippen molar-refractivity contribution in [1.82, 2.24) is 4.90 Å². The Morgan fingerprint density at radius 2 is 1.94 bits per heavy atom. The minimum atomic E-state index is -0.162. The van der Waals surface area contributed by atoms with Gasteiger partial charge in [-0.15, -0.1) is 5.10 Å². The molecule has 0 bridgehead atoms. The van der Waals surface area contributed by atoms with E-state index in [1.54, 1.807) is 30.6 Å². The van der Waals surface area contributed by atoms with Gasteiger partial charge in [0.25, 0.3) is 5.91 Å². The molecule has 0 aliphatic carbocycles. The Morgan fingerprint density at radius 1 is 1.13 bits per heavy atom. The highest BCUT2D eigenvalue weighted by Crippen LogP contribution is 2.35. The summed E-state index contributed by atoms with van der Waals surface area (Å²) in [7, 11) is 1.61. The molecule has 0 atom stereocenters. The zero-order chi connectivity index (χ0) is 21.6. The third-order valence-electron chi connectivity index (χ3n) is 4.43. The summed E-state index contributed by atoms with van der Waals surface area (Å²) in [5.41, 5.74) is 1.72. The van der Waals surface area contributed by atoms with E-state index in [2.05, 4.69) is 26.1 Å². The predicted octanol–water partition coefficient (Wildman–Crippen LogP) is 5.56. The van der Waals surface area contributed by atoms with Gasteiger partial charge in [-0.05, 0) is 53.7 Å². The van der Waals surface area contributed by atoms with E-state index in [0.29, 0.717) is 21.6 Å². The van der Waals surface area contributed by atoms with Crippen LogP contribution in [0, 0.1) is 0 Å². The molecule has 31 heavy (non-hydrogen) atoms. The Bertz CT molecular complexity index is 1160. The van der Waals surface area contributed by atoms with Crippen molar-refractivity contribution in [3.8, 4) is 5.75 Å². The molecule has 8 heteroatoms. The molecular formula is C23H18BrN3O3S. The van der Waals surface area contributed by atoms with Gasteiger partial charge in [0, 0.05) is 10.0 Å². The molecule has 156 valence electrons. The lowest BCUT2D eigenvalue weighted by atomic mass is 10.2. The first-order valence-corrected chi connectivity index (χ1v) is 11.0. The summed E-state index contributed by atoms with van der Waals surface area (Å²) in [5, 5.41) is 8.99. The Hall–Kier alpha value is -3.10. The van der Waals surface area contributed by atoms with Crippen LogP contribution < -0.4 is 4.74 Å². The van der Waals surface area contributed by atoms with Gasteiger partial charge in [-0.3, -0.25) is 9.69 Å². The summed E-state index contributed by atoms with van der Waals surface area (Å²) in [6.45, 7) is 0.273. The summed E-state index contributed by atoms with van der Waals surface area (Å²) in [6.07, 6.45) is 5.04. The van der Waals surface area contributed by atoms with E-state index < -0.39 is 0 Å². The van der Waals surface area contributed by atoms with Crippen molar-refractivity contribution in [3.05, 3.63) is 93.2 Å². The second kappa shape index (κ2) is 9.80. The number of methoxy groups -OCH3 is 1. The number of ether oxygens (including phenoxy) is 1. The number of nitrogens with zero attached hydrogens (tertiary/aromatic N) is 3. The van der Waals surface area contributed by atoms with E-state index in [9.17, 15) is 4.79 Å². The van der Waals surface area contributed by atoms with Crippen molar-refractivity contribution in [1.29, 1.82) is 0 Å². The Kier molecular flexibility index (Phi) is 6.69. The number of hydrogen-bond donors (Lipinski definition) is 0. The third-order valence-corrected chi connectivity index (χ3v) is 5.95. The lowest BCUT2D eigenvalue weighted by Gasteiger charge is -2.12. The number of carbonyl (C=O) groups is 1. The van der Waals surface area contributed by atoms with E-state index in [-0.39, 0.29) is 12.5 Å². The van der Waals surface area contributed by atoms with E-state index in [4.69, 9.17) is 9.15 Å². The van der Waals surface area contributed by atoms with Crippen molar-refractivity contribution in [2.75, 3.05) is 7.11 Å². The summed E-state index contributed by atoms with van der Waals surface area (Å²) in [5.74, 6) is 1.20. The molecule has 1 saturated heterocycles. The van der Waals surface area contributed by atoms with Gasteiger partial charge < -0.3 is 9.15 Å². The van der Waals surface area contributed by atoms with Gasteiger partial charge in [-0.2, -0.15) is 5.10 Å². The molecule has 2 aromatic carbocycles. The number of amides is 1. The van der Waals surface area contributed by atoms with Gasteiger partial charge in [0.2, 0.25) is 0 Å². The lowest BCUT2D eigenvalue weighted by Crippen LogP contribution is -2.28. The molecule has 1 aliphatic rings. The lowest BCUT2D eigenvalue weighted by molar-refractivity contribution is -0.122. The molecule has 1 aliphatic heterocycles. The van der Waals surface area contributed by atoms with Crippen LogP contribution in [0.4, 0.5) is 0 Å². The summed E-state index contributed by atoms with van der Waals surface area (Å²) in [6, 6.07) is 18.9. The van der Waals surface area contributed by atoms with Crippen molar-refractivity contribution in [2.45, 2.75) is 6.54 Å². The van der Waals surface area contributed by atoms with E-state index in [1.807, 2.05) is 60.7 Å². The molecule has 0 unspecified atom stereocenters. The Labute approximate surface area is 192 Å². The predicted molar refractivity (Wildman–Crippen MR) is 127 cm³/mol. The van der Waals surface area contributed by atoms with Crippen LogP contribution in [0.3, 0.4) is 0 Å². The van der Waals surface area contributed by atoms with Crippen molar-refractivity contribution in [3.63, 3.8) is 0 Å². The molecule has 1 fully saturated rings. The maximum atomic E-state index is 13.1. The Balaban J connectivity index is 1.63. The number of thioether (sulfide) groups is 1. The number of furan rings is 1. The largest absolute Gasteiger partial charge is 0.496 e. The van der Waals surface area contributed by atoms with Gasteiger partial charge in [0.1, 0.15) is 11.5 Å². The SMILES string of the molecule is COc1ccccc1/C=C1\S/C(=N\N=C\c2ccc(Br)cc2)N(Cc2ccco2)C1=O. The Morgan fingerprint density at radius 3 is 2.68 bits per heavy atom. The molecule has 2 heterocycles. The third kappa shape index (κ3) is 5.15. The number of benzene rings is 2. The number of amidine groups is 1. The average molecular weight is 496 g/mol. The topological polar surface area (TPSA) is 67.4 Å². The first-order chi connectivity index (χ1) is 15.1. The van der Waals surface area contributed by atoms with Gasteiger partial charge in [-0.25, -0.2) is 0 Å². The fourth-order valence-electron chi connectivity index (χ4n) is 2.90. The summed E-state index contributed by atoms with van der Waals surface area (Å²) < 4.78 is 11.8. The van der Waals surface area contributed by atoms with Crippen LogP contribution >= 0.6 is 27.7 Å². The summed E-state index contributed by atoms with van der Waals surface area (Å²) >= 11 is 4.68. The van der Waals surface area contributed by atoms with Crippen LogP contribution in [0.2, 0.25) is 0 Å². The number of carbonyl (C=O) groups excluding carboxylic acids is 1. The number of rotatable bonds is 6. The summed E-state index contributed by atoms with van der Waals surface area (Å²) in [4.78, 5) is 15.2. The highest BCUT2D eigenvalue weighted by Gasteiger charge is 2.34. The molecule has 4 rings (SSSR count). The normalized spacial score (nSPS) is 16.7. The average Bonchev–Trinajstić information content (AvgIpc) is 3.40. The minimum absolute atomic E-state index is 0.162. The van der Waals surface area contributed by atoms with Crippen LogP contribution in [-0.4, -0.2) is 29.3 Å². The van der Waals surface area contributed by atoms with Gasteiger partial charge >= 0.3 is 0 Å². The van der Waals surface area contributed by atoms with Crippen LogP contribution in [0.15, 0.2) is 90.9 Å². The monoisotopic (exact) mass is 495 g/mol. The van der Waals surface area contributed by atoms with E-state index >= 15 is 0 Å². The standard InChI is InChI=1S/C23H18BrN3O3S/c1-29-20-7-3-2-5-17(20)13-21-22(28)27(15-19-6-4-12-30-19)23(31-21)26-25-14-16-8-10-18(24)11-9-16/h2-14H,15H2,1H3/b21-13-,25-14+,26-23-. The van der Waals surface area contributed by atoms with Gasteiger partial charge in [0.15, 0.2) is 5.17 Å². The molecule has 3 aromatic rings.